The van der Waals surface area contributed by atoms with E-state index in [9.17, 15) is 13.2 Å². The molecule has 0 aliphatic carbocycles. The van der Waals surface area contributed by atoms with Crippen LogP contribution in [0.2, 0.25) is 0 Å². The van der Waals surface area contributed by atoms with Crippen LogP contribution in [-0.2, 0) is 14.8 Å². The number of aliphatic carboxylic acids is 1. The highest BCUT2D eigenvalue weighted by atomic mass is 32.2. The van der Waals surface area contributed by atoms with Gasteiger partial charge < -0.3 is 5.11 Å². The Morgan fingerprint density at radius 3 is 2.44 bits per heavy atom. The zero-order chi connectivity index (χ0) is 14.2. The lowest BCUT2D eigenvalue weighted by molar-refractivity contribution is -0.137. The van der Waals surface area contributed by atoms with Gasteiger partial charge in [0, 0.05) is 13.0 Å². The highest BCUT2D eigenvalue weighted by molar-refractivity contribution is 7.89. The molecule has 6 nitrogen and oxygen atoms in total. The van der Waals surface area contributed by atoms with Crippen molar-refractivity contribution in [1.29, 1.82) is 5.26 Å². The quantitative estimate of drug-likeness (QED) is 0.652. The summed E-state index contributed by atoms with van der Waals surface area (Å²) in [5, 5.41) is 16.9. The van der Waals surface area contributed by atoms with Crippen molar-refractivity contribution < 1.29 is 18.3 Å². The fourth-order valence-electron chi connectivity index (χ4n) is 1.66. The molecule has 0 radical (unpaired) electrons. The van der Waals surface area contributed by atoms with Gasteiger partial charge in [-0.05, 0) is 24.7 Å². The fraction of sp³-hybridized carbons (Fsp3) is 0.818. The number of hydrogen-bond donors (Lipinski definition) is 2. The lowest BCUT2D eigenvalue weighted by Gasteiger charge is -2.19. The average molecular weight is 276 g/mol. The van der Waals surface area contributed by atoms with E-state index in [1.165, 1.54) is 0 Å². The predicted octanol–water partition coefficient (Wildman–Crippen LogP) is 0.956. The van der Waals surface area contributed by atoms with Crippen LogP contribution in [0.25, 0.3) is 0 Å². The van der Waals surface area contributed by atoms with Gasteiger partial charge in [0.25, 0.3) is 0 Å². The molecule has 104 valence electrons. The fourth-order valence-corrected chi connectivity index (χ4v) is 2.36. The first kappa shape index (κ1) is 16.9. The first-order valence-electron chi connectivity index (χ1n) is 5.84. The average Bonchev–Trinajstić information content (AvgIpc) is 2.21. The topological polar surface area (TPSA) is 107 Å². The molecule has 0 aromatic carbocycles. The van der Waals surface area contributed by atoms with Gasteiger partial charge in [0.2, 0.25) is 10.0 Å². The van der Waals surface area contributed by atoms with Crippen molar-refractivity contribution in [2.24, 2.45) is 11.8 Å². The molecular formula is C11H20N2O4S. The number of nitrogens with zero attached hydrogens (tertiary/aromatic N) is 1. The van der Waals surface area contributed by atoms with E-state index in [1.807, 2.05) is 13.8 Å². The SMILES string of the molecule is CC(C)C(CCNS(=O)(=O)CC#N)CCC(=O)O. The van der Waals surface area contributed by atoms with Crippen LogP contribution in [0.3, 0.4) is 0 Å². The van der Waals surface area contributed by atoms with Crippen LogP contribution in [0, 0.1) is 23.2 Å². The van der Waals surface area contributed by atoms with Gasteiger partial charge in [-0.15, -0.1) is 0 Å². The van der Waals surface area contributed by atoms with Crippen molar-refractivity contribution in [1.82, 2.24) is 4.72 Å². The van der Waals surface area contributed by atoms with Gasteiger partial charge in [0.1, 0.15) is 0 Å². The highest BCUT2D eigenvalue weighted by Gasteiger charge is 2.16. The lowest BCUT2D eigenvalue weighted by atomic mass is 9.88. The van der Waals surface area contributed by atoms with Gasteiger partial charge in [0.05, 0.1) is 6.07 Å². The summed E-state index contributed by atoms with van der Waals surface area (Å²) >= 11 is 0. The Balaban J connectivity index is 4.13. The van der Waals surface area contributed by atoms with Crippen molar-refractivity contribution in [2.45, 2.75) is 33.1 Å². The predicted molar refractivity (Wildman–Crippen MR) is 67.2 cm³/mol. The molecule has 0 saturated carbocycles. The number of carbonyl (C=O) groups is 1. The Kier molecular flexibility index (Phi) is 7.55. The molecule has 0 aromatic heterocycles. The molecule has 0 amide bonds. The maximum absolute atomic E-state index is 11.2. The van der Waals surface area contributed by atoms with E-state index in [2.05, 4.69) is 4.72 Å². The zero-order valence-corrected chi connectivity index (χ0v) is 11.5. The molecule has 0 rings (SSSR count). The van der Waals surface area contributed by atoms with Crippen molar-refractivity contribution in [3.63, 3.8) is 0 Å². The third kappa shape index (κ3) is 8.03. The van der Waals surface area contributed by atoms with Crippen LogP contribution in [0.4, 0.5) is 0 Å². The first-order chi connectivity index (χ1) is 8.28. The molecule has 2 N–H and O–H groups in total. The van der Waals surface area contributed by atoms with E-state index >= 15 is 0 Å². The summed E-state index contributed by atoms with van der Waals surface area (Å²) in [6.07, 6.45) is 1.20. The molecule has 0 bridgehead atoms. The standard InChI is InChI=1S/C11H20N2O4S/c1-9(2)10(3-4-11(14)15)5-7-13-18(16,17)8-6-12/h9-10,13H,3-5,7-8H2,1-2H3,(H,14,15). The molecule has 0 aliphatic heterocycles. The number of carboxylic acids is 1. The van der Waals surface area contributed by atoms with Gasteiger partial charge in [-0.1, -0.05) is 13.8 Å². The van der Waals surface area contributed by atoms with Gasteiger partial charge in [0.15, 0.2) is 5.75 Å². The van der Waals surface area contributed by atoms with E-state index in [0.29, 0.717) is 18.8 Å². The van der Waals surface area contributed by atoms with Crippen molar-refractivity contribution in [3.05, 3.63) is 0 Å². The molecule has 0 fully saturated rings. The van der Waals surface area contributed by atoms with Crippen molar-refractivity contribution >= 4 is 16.0 Å². The van der Waals surface area contributed by atoms with Gasteiger partial charge in [-0.25, -0.2) is 13.1 Å². The largest absolute Gasteiger partial charge is 0.481 e. The van der Waals surface area contributed by atoms with Gasteiger partial charge >= 0.3 is 5.97 Å². The summed E-state index contributed by atoms with van der Waals surface area (Å²) in [5.41, 5.74) is 0. The summed E-state index contributed by atoms with van der Waals surface area (Å²) in [6, 6.07) is 1.58. The highest BCUT2D eigenvalue weighted by Crippen LogP contribution is 2.20. The van der Waals surface area contributed by atoms with Crippen LogP contribution < -0.4 is 4.72 Å². The summed E-state index contributed by atoms with van der Waals surface area (Å²) in [6.45, 7) is 4.21. The maximum Gasteiger partial charge on any atom is 0.303 e. The summed E-state index contributed by atoms with van der Waals surface area (Å²) in [5.74, 6) is -0.935. The molecular weight excluding hydrogens is 256 g/mol. The van der Waals surface area contributed by atoms with Gasteiger partial charge in [-0.3, -0.25) is 4.79 Å². The second-order valence-electron chi connectivity index (χ2n) is 4.54. The molecule has 1 unspecified atom stereocenters. The van der Waals surface area contributed by atoms with Crippen molar-refractivity contribution in [3.8, 4) is 6.07 Å². The zero-order valence-electron chi connectivity index (χ0n) is 10.7. The summed E-state index contributed by atoms with van der Waals surface area (Å²) in [4.78, 5) is 10.5. The third-order valence-electron chi connectivity index (χ3n) is 2.76. The Labute approximate surface area is 108 Å². The molecule has 0 aromatic rings. The van der Waals surface area contributed by atoms with Crippen LogP contribution in [0.15, 0.2) is 0 Å². The smallest absolute Gasteiger partial charge is 0.303 e. The van der Waals surface area contributed by atoms with Crippen LogP contribution in [-0.4, -0.2) is 31.8 Å². The van der Waals surface area contributed by atoms with E-state index in [0.717, 1.165) is 0 Å². The third-order valence-corrected chi connectivity index (χ3v) is 3.92. The van der Waals surface area contributed by atoms with Crippen LogP contribution in [0.5, 0.6) is 0 Å². The molecule has 1 atom stereocenters. The monoisotopic (exact) mass is 276 g/mol. The second-order valence-corrected chi connectivity index (χ2v) is 6.34. The molecule has 0 aliphatic rings. The van der Waals surface area contributed by atoms with Crippen molar-refractivity contribution in [2.75, 3.05) is 12.3 Å². The van der Waals surface area contributed by atoms with E-state index in [-0.39, 0.29) is 18.9 Å². The number of hydrogen-bond acceptors (Lipinski definition) is 4. The van der Waals surface area contributed by atoms with Crippen LogP contribution >= 0.6 is 0 Å². The number of carboxylic acid groups (broad SMARTS) is 1. The number of nitriles is 1. The van der Waals surface area contributed by atoms with Crippen LogP contribution in [0.1, 0.15) is 33.1 Å². The molecule has 18 heavy (non-hydrogen) atoms. The van der Waals surface area contributed by atoms with E-state index < -0.39 is 21.7 Å². The Bertz CT molecular complexity index is 398. The number of nitrogens with one attached hydrogen (secondary N) is 1. The van der Waals surface area contributed by atoms with E-state index in [1.54, 1.807) is 6.07 Å². The first-order valence-corrected chi connectivity index (χ1v) is 7.49. The van der Waals surface area contributed by atoms with E-state index in [4.69, 9.17) is 10.4 Å². The minimum absolute atomic E-state index is 0.0911. The summed E-state index contributed by atoms with van der Waals surface area (Å²) in [7, 11) is -3.51. The molecule has 7 heteroatoms. The van der Waals surface area contributed by atoms with Gasteiger partial charge in [-0.2, -0.15) is 5.26 Å². The minimum atomic E-state index is -3.51. The Morgan fingerprint density at radius 1 is 1.39 bits per heavy atom. The Hall–Kier alpha value is -1.13. The molecule has 0 spiro atoms. The normalized spacial score (nSPS) is 13.2. The number of sulfonamides is 1. The molecule has 0 saturated heterocycles. The molecule has 0 heterocycles. The second kappa shape index (κ2) is 8.06. The Morgan fingerprint density at radius 2 is 2.00 bits per heavy atom. The maximum atomic E-state index is 11.2. The summed E-state index contributed by atoms with van der Waals surface area (Å²) < 4.78 is 24.8. The lowest BCUT2D eigenvalue weighted by Crippen LogP contribution is -2.29. The number of rotatable bonds is 9. The minimum Gasteiger partial charge on any atom is -0.481 e.